The van der Waals surface area contributed by atoms with Gasteiger partial charge in [0.2, 0.25) is 0 Å². The van der Waals surface area contributed by atoms with Crippen LogP contribution in [0.4, 0.5) is 5.69 Å². The molecule has 0 unspecified atom stereocenters. The molecule has 3 aromatic rings. The molecule has 0 aliphatic carbocycles. The molecule has 6 heteroatoms. The van der Waals surface area contributed by atoms with Crippen LogP contribution in [-0.2, 0) is 0 Å². The zero-order valence-electron chi connectivity index (χ0n) is 8.71. The van der Waals surface area contributed by atoms with Gasteiger partial charge in [-0.25, -0.2) is 4.98 Å². The summed E-state index contributed by atoms with van der Waals surface area (Å²) in [4.78, 5) is 4.24. The first-order valence-electron chi connectivity index (χ1n) is 4.96. The van der Waals surface area contributed by atoms with Crippen LogP contribution in [0.1, 0.15) is 0 Å². The normalized spacial score (nSPS) is 10.9. The van der Waals surface area contributed by atoms with Gasteiger partial charge in [-0.2, -0.15) is 4.52 Å². The molecule has 1 aromatic carbocycles. The van der Waals surface area contributed by atoms with Crippen LogP contribution in [-0.4, -0.2) is 19.8 Å². The van der Waals surface area contributed by atoms with Crippen LogP contribution in [0.3, 0.4) is 0 Å². The molecule has 0 bridgehead atoms. The van der Waals surface area contributed by atoms with Crippen LogP contribution in [0, 0.1) is 0 Å². The highest BCUT2D eigenvalue weighted by Crippen LogP contribution is 2.22. The Balaban J connectivity index is 2.21. The van der Waals surface area contributed by atoms with Crippen molar-refractivity contribution < 1.29 is 0 Å². The van der Waals surface area contributed by atoms with Crippen molar-refractivity contribution in [3.05, 3.63) is 41.1 Å². The molecule has 0 aliphatic heterocycles. The van der Waals surface area contributed by atoms with Crippen LogP contribution >= 0.6 is 15.9 Å². The number of anilines is 1. The molecule has 2 N–H and O–H groups in total. The zero-order valence-corrected chi connectivity index (χ0v) is 10.3. The van der Waals surface area contributed by atoms with E-state index in [4.69, 9.17) is 5.73 Å². The molecule has 0 atom stereocenters. The van der Waals surface area contributed by atoms with Gasteiger partial charge in [0.25, 0.3) is 0 Å². The molecule has 0 fully saturated rings. The summed E-state index contributed by atoms with van der Waals surface area (Å²) in [5.41, 5.74) is 8.61. The predicted octanol–water partition coefficient (Wildman–Crippen LogP) is 2.14. The quantitative estimate of drug-likeness (QED) is 0.745. The molecule has 2 aromatic heterocycles. The summed E-state index contributed by atoms with van der Waals surface area (Å²) in [5.74, 6) is 0. The van der Waals surface area contributed by atoms with E-state index in [0.29, 0.717) is 11.3 Å². The minimum absolute atomic E-state index is 0.560. The SMILES string of the molecule is Nc1cnc2c(-c3ccc(Br)cc3)nnn2c1. The number of nitrogen functional groups attached to an aromatic ring is 1. The second kappa shape index (κ2) is 3.81. The minimum atomic E-state index is 0.560. The van der Waals surface area contributed by atoms with Crippen molar-refractivity contribution in [3.8, 4) is 11.3 Å². The van der Waals surface area contributed by atoms with Crippen LogP contribution in [0.2, 0.25) is 0 Å². The third-order valence-electron chi connectivity index (χ3n) is 2.39. The Bertz CT molecular complexity index is 674. The molecule has 0 radical (unpaired) electrons. The maximum atomic E-state index is 5.63. The molecule has 3 rings (SSSR count). The second-order valence-electron chi connectivity index (χ2n) is 3.60. The highest BCUT2D eigenvalue weighted by Gasteiger charge is 2.09. The van der Waals surface area contributed by atoms with E-state index in [0.717, 1.165) is 15.7 Å². The maximum Gasteiger partial charge on any atom is 0.183 e. The van der Waals surface area contributed by atoms with Gasteiger partial charge in [0.15, 0.2) is 5.65 Å². The van der Waals surface area contributed by atoms with E-state index in [9.17, 15) is 0 Å². The summed E-state index contributed by atoms with van der Waals surface area (Å²) < 4.78 is 2.60. The lowest BCUT2D eigenvalue weighted by atomic mass is 10.2. The molecule has 0 spiro atoms. The van der Waals surface area contributed by atoms with E-state index in [1.165, 1.54) is 0 Å². The summed E-state index contributed by atoms with van der Waals surface area (Å²) in [6.45, 7) is 0. The molecule has 0 aliphatic rings. The average Bonchev–Trinajstić information content (AvgIpc) is 2.73. The third-order valence-corrected chi connectivity index (χ3v) is 2.92. The van der Waals surface area contributed by atoms with Gasteiger partial charge in [0.1, 0.15) is 5.69 Å². The molecular formula is C11H8BrN5. The summed E-state index contributed by atoms with van der Waals surface area (Å²) in [6, 6.07) is 7.84. The first-order valence-corrected chi connectivity index (χ1v) is 5.76. The van der Waals surface area contributed by atoms with E-state index in [-0.39, 0.29) is 0 Å². The smallest absolute Gasteiger partial charge is 0.183 e. The largest absolute Gasteiger partial charge is 0.396 e. The molecular weight excluding hydrogens is 282 g/mol. The Morgan fingerprint density at radius 2 is 1.94 bits per heavy atom. The Labute approximate surface area is 105 Å². The maximum absolute atomic E-state index is 5.63. The second-order valence-corrected chi connectivity index (χ2v) is 4.52. The van der Waals surface area contributed by atoms with Gasteiger partial charge < -0.3 is 5.73 Å². The van der Waals surface area contributed by atoms with Gasteiger partial charge in [-0.1, -0.05) is 33.3 Å². The molecule has 0 amide bonds. The summed E-state index contributed by atoms with van der Waals surface area (Å²) in [5, 5.41) is 8.11. The first kappa shape index (κ1) is 10.2. The Kier molecular flexibility index (Phi) is 2.29. The van der Waals surface area contributed by atoms with Crippen molar-refractivity contribution in [1.29, 1.82) is 0 Å². The Hall–Kier alpha value is -1.95. The van der Waals surface area contributed by atoms with Gasteiger partial charge in [0, 0.05) is 10.0 Å². The lowest BCUT2D eigenvalue weighted by Gasteiger charge is -1.97. The third kappa shape index (κ3) is 1.76. The Morgan fingerprint density at radius 1 is 1.18 bits per heavy atom. The van der Waals surface area contributed by atoms with Crippen molar-refractivity contribution >= 4 is 27.3 Å². The average molecular weight is 290 g/mol. The van der Waals surface area contributed by atoms with Crippen molar-refractivity contribution in [2.75, 3.05) is 5.73 Å². The number of fused-ring (bicyclic) bond motifs is 1. The number of halogens is 1. The molecule has 84 valence electrons. The molecule has 0 saturated carbocycles. The first-order chi connectivity index (χ1) is 8.24. The number of aromatic nitrogens is 4. The van der Waals surface area contributed by atoms with Gasteiger partial charge in [-0.05, 0) is 12.1 Å². The highest BCUT2D eigenvalue weighted by atomic mass is 79.9. The monoisotopic (exact) mass is 289 g/mol. The lowest BCUT2D eigenvalue weighted by molar-refractivity contribution is 0.849. The number of rotatable bonds is 1. The van der Waals surface area contributed by atoms with Crippen LogP contribution in [0.15, 0.2) is 41.1 Å². The number of hydrogen-bond donors (Lipinski definition) is 1. The lowest BCUT2D eigenvalue weighted by Crippen LogP contribution is -1.94. The zero-order chi connectivity index (χ0) is 11.8. The minimum Gasteiger partial charge on any atom is -0.396 e. The summed E-state index contributed by atoms with van der Waals surface area (Å²) >= 11 is 3.39. The topological polar surface area (TPSA) is 69.1 Å². The van der Waals surface area contributed by atoms with Crippen molar-refractivity contribution in [2.45, 2.75) is 0 Å². The van der Waals surface area contributed by atoms with Crippen molar-refractivity contribution in [2.24, 2.45) is 0 Å². The molecule has 2 heterocycles. The van der Waals surface area contributed by atoms with Crippen LogP contribution < -0.4 is 5.73 Å². The Morgan fingerprint density at radius 3 is 2.71 bits per heavy atom. The number of hydrogen-bond acceptors (Lipinski definition) is 4. The van der Waals surface area contributed by atoms with Gasteiger partial charge >= 0.3 is 0 Å². The number of benzene rings is 1. The molecule has 0 saturated heterocycles. The summed E-state index contributed by atoms with van der Waals surface area (Å²) in [6.07, 6.45) is 3.29. The fourth-order valence-corrected chi connectivity index (χ4v) is 1.86. The van der Waals surface area contributed by atoms with E-state index >= 15 is 0 Å². The van der Waals surface area contributed by atoms with Crippen LogP contribution in [0.5, 0.6) is 0 Å². The van der Waals surface area contributed by atoms with Crippen molar-refractivity contribution in [1.82, 2.24) is 19.8 Å². The highest BCUT2D eigenvalue weighted by molar-refractivity contribution is 9.10. The van der Waals surface area contributed by atoms with Gasteiger partial charge in [0.05, 0.1) is 18.1 Å². The molecule has 17 heavy (non-hydrogen) atoms. The van der Waals surface area contributed by atoms with E-state index < -0.39 is 0 Å². The van der Waals surface area contributed by atoms with Gasteiger partial charge in [-0.15, -0.1) is 5.10 Å². The standard InChI is InChI=1S/C11H8BrN5/c12-8-3-1-7(2-4-8)10-11-14-5-9(13)6-17(11)16-15-10/h1-6H,13H2. The van der Waals surface area contributed by atoms with Crippen molar-refractivity contribution in [3.63, 3.8) is 0 Å². The van der Waals surface area contributed by atoms with Gasteiger partial charge in [-0.3, -0.25) is 0 Å². The summed E-state index contributed by atoms with van der Waals surface area (Å²) in [7, 11) is 0. The fourth-order valence-electron chi connectivity index (χ4n) is 1.60. The van der Waals surface area contributed by atoms with E-state index in [1.54, 1.807) is 16.9 Å². The van der Waals surface area contributed by atoms with Crippen LogP contribution in [0.25, 0.3) is 16.9 Å². The number of nitrogens with two attached hydrogens (primary N) is 1. The fraction of sp³-hybridized carbons (Fsp3) is 0. The predicted molar refractivity (Wildman–Crippen MR) is 68.3 cm³/mol. The number of nitrogens with zero attached hydrogens (tertiary/aromatic N) is 4. The van der Waals surface area contributed by atoms with E-state index in [2.05, 4.69) is 31.2 Å². The molecule has 5 nitrogen and oxygen atoms in total. The van der Waals surface area contributed by atoms with E-state index in [1.807, 2.05) is 24.3 Å².